The third kappa shape index (κ3) is 2.13. The third-order valence-corrected chi connectivity index (χ3v) is 2.85. The van der Waals surface area contributed by atoms with Crippen LogP contribution >= 0.6 is 0 Å². The molecule has 1 aliphatic rings. The second kappa shape index (κ2) is 4.16. The summed E-state index contributed by atoms with van der Waals surface area (Å²) in [5.41, 5.74) is 0.986. The van der Waals surface area contributed by atoms with Crippen LogP contribution in [0.25, 0.3) is 0 Å². The van der Waals surface area contributed by atoms with E-state index >= 15 is 0 Å². The zero-order valence-corrected chi connectivity index (χ0v) is 9.66. The number of anilines is 1. The van der Waals surface area contributed by atoms with Gasteiger partial charge in [-0.2, -0.15) is 0 Å². The number of carbonyl (C=O) groups is 2. The molecule has 0 radical (unpaired) electrons. The molecule has 1 unspecified atom stereocenters. The summed E-state index contributed by atoms with van der Waals surface area (Å²) in [5, 5.41) is 2.24. The van der Waals surface area contributed by atoms with Crippen molar-refractivity contribution in [3.8, 4) is 0 Å². The average molecular weight is 236 g/mol. The molecule has 1 N–H and O–H groups in total. The summed E-state index contributed by atoms with van der Waals surface area (Å²) in [6, 6.07) is 4.08. The lowest BCUT2D eigenvalue weighted by molar-refractivity contribution is -0.123. The molecule has 3 amide bonds. The fourth-order valence-corrected chi connectivity index (χ4v) is 1.71. The van der Waals surface area contributed by atoms with E-state index in [-0.39, 0.29) is 24.2 Å². The van der Waals surface area contributed by atoms with Crippen molar-refractivity contribution in [1.29, 1.82) is 0 Å². The molecule has 1 saturated heterocycles. The van der Waals surface area contributed by atoms with E-state index in [4.69, 9.17) is 0 Å². The second-order valence-corrected chi connectivity index (χ2v) is 4.24. The molecule has 1 aromatic rings. The molecule has 1 heterocycles. The number of carbonyl (C=O) groups excluding carboxylic acids is 2. The maximum atomic E-state index is 13.4. The molecule has 2 rings (SSSR count). The zero-order chi connectivity index (χ0) is 12.6. The van der Waals surface area contributed by atoms with E-state index in [0.29, 0.717) is 11.3 Å². The van der Waals surface area contributed by atoms with Crippen LogP contribution in [0.4, 0.5) is 14.9 Å². The Bertz CT molecular complexity index is 487. The number of imide groups is 1. The van der Waals surface area contributed by atoms with Gasteiger partial charge in [-0.15, -0.1) is 0 Å². The van der Waals surface area contributed by atoms with Gasteiger partial charge in [0.2, 0.25) is 5.91 Å². The standard InChI is InChI=1S/C12H13FN2O2/c1-7-3-4-9(5-10(7)13)15-6-8(2)11(16)14-12(15)17/h3-5,8H,6H2,1-2H3,(H,14,16,17). The van der Waals surface area contributed by atoms with Crippen LogP contribution in [-0.2, 0) is 4.79 Å². The lowest BCUT2D eigenvalue weighted by atomic mass is 10.1. The Morgan fingerprint density at radius 3 is 2.76 bits per heavy atom. The quantitative estimate of drug-likeness (QED) is 0.808. The van der Waals surface area contributed by atoms with Crippen LogP contribution in [0.1, 0.15) is 12.5 Å². The van der Waals surface area contributed by atoms with Crippen LogP contribution in [-0.4, -0.2) is 18.5 Å². The minimum Gasteiger partial charge on any atom is -0.293 e. The van der Waals surface area contributed by atoms with Gasteiger partial charge in [0.15, 0.2) is 0 Å². The number of aryl methyl sites for hydroxylation is 1. The van der Waals surface area contributed by atoms with Gasteiger partial charge < -0.3 is 0 Å². The molecule has 4 nitrogen and oxygen atoms in total. The first-order valence-electron chi connectivity index (χ1n) is 5.37. The molecular formula is C12H13FN2O2. The number of hydrogen-bond donors (Lipinski definition) is 1. The summed E-state index contributed by atoms with van der Waals surface area (Å²) in [6.07, 6.45) is 0. The Kier molecular flexibility index (Phi) is 2.83. The zero-order valence-electron chi connectivity index (χ0n) is 9.66. The Hall–Kier alpha value is -1.91. The fraction of sp³-hybridized carbons (Fsp3) is 0.333. The minimum atomic E-state index is -0.503. The van der Waals surface area contributed by atoms with Crippen LogP contribution in [0.5, 0.6) is 0 Å². The van der Waals surface area contributed by atoms with Gasteiger partial charge in [-0.3, -0.25) is 15.0 Å². The van der Waals surface area contributed by atoms with E-state index in [9.17, 15) is 14.0 Å². The van der Waals surface area contributed by atoms with Crippen molar-refractivity contribution in [3.63, 3.8) is 0 Å². The summed E-state index contributed by atoms with van der Waals surface area (Å²) in [4.78, 5) is 24.3. The largest absolute Gasteiger partial charge is 0.328 e. The Labute approximate surface area is 98.4 Å². The number of urea groups is 1. The van der Waals surface area contributed by atoms with Crippen molar-refractivity contribution in [2.75, 3.05) is 11.4 Å². The monoisotopic (exact) mass is 236 g/mol. The lowest BCUT2D eigenvalue weighted by Crippen LogP contribution is -2.53. The number of amides is 3. The first kappa shape index (κ1) is 11.6. The first-order valence-corrected chi connectivity index (χ1v) is 5.37. The summed E-state index contributed by atoms with van der Waals surface area (Å²) in [5.74, 6) is -0.948. The molecule has 0 aromatic heterocycles. The maximum Gasteiger partial charge on any atom is 0.328 e. The van der Waals surface area contributed by atoms with E-state index in [1.807, 2.05) is 0 Å². The number of nitrogens with one attached hydrogen (secondary N) is 1. The highest BCUT2D eigenvalue weighted by atomic mass is 19.1. The predicted molar refractivity (Wildman–Crippen MR) is 61.2 cm³/mol. The Morgan fingerprint density at radius 2 is 2.12 bits per heavy atom. The molecule has 17 heavy (non-hydrogen) atoms. The molecule has 0 aliphatic carbocycles. The Morgan fingerprint density at radius 1 is 1.41 bits per heavy atom. The van der Waals surface area contributed by atoms with E-state index in [1.54, 1.807) is 26.0 Å². The van der Waals surface area contributed by atoms with Gasteiger partial charge in [0.25, 0.3) is 0 Å². The van der Waals surface area contributed by atoms with Crippen molar-refractivity contribution in [1.82, 2.24) is 5.32 Å². The summed E-state index contributed by atoms with van der Waals surface area (Å²) >= 11 is 0. The SMILES string of the molecule is Cc1ccc(N2CC(C)C(=O)NC2=O)cc1F. The average Bonchev–Trinajstić information content (AvgIpc) is 2.27. The van der Waals surface area contributed by atoms with Crippen molar-refractivity contribution < 1.29 is 14.0 Å². The van der Waals surface area contributed by atoms with Gasteiger partial charge in [-0.05, 0) is 24.6 Å². The predicted octanol–water partition coefficient (Wildman–Crippen LogP) is 1.83. The third-order valence-electron chi connectivity index (χ3n) is 2.85. The van der Waals surface area contributed by atoms with Gasteiger partial charge >= 0.3 is 6.03 Å². The van der Waals surface area contributed by atoms with Crippen molar-refractivity contribution >= 4 is 17.6 Å². The highest BCUT2D eigenvalue weighted by Crippen LogP contribution is 2.21. The van der Waals surface area contributed by atoms with Gasteiger partial charge in [0.1, 0.15) is 5.82 Å². The molecule has 0 spiro atoms. The maximum absolute atomic E-state index is 13.4. The van der Waals surface area contributed by atoms with E-state index in [0.717, 1.165) is 0 Å². The molecule has 1 atom stereocenters. The summed E-state index contributed by atoms with van der Waals surface area (Å²) in [6.45, 7) is 3.65. The van der Waals surface area contributed by atoms with Crippen LogP contribution in [0.2, 0.25) is 0 Å². The molecule has 5 heteroatoms. The second-order valence-electron chi connectivity index (χ2n) is 4.24. The normalized spacial score (nSPS) is 20.4. The molecule has 1 aliphatic heterocycles. The number of hydrogen-bond acceptors (Lipinski definition) is 2. The van der Waals surface area contributed by atoms with Crippen molar-refractivity contribution in [3.05, 3.63) is 29.6 Å². The number of rotatable bonds is 1. The van der Waals surface area contributed by atoms with Crippen molar-refractivity contribution in [2.45, 2.75) is 13.8 Å². The fourth-order valence-electron chi connectivity index (χ4n) is 1.71. The van der Waals surface area contributed by atoms with Gasteiger partial charge in [0.05, 0.1) is 5.92 Å². The number of halogens is 1. The van der Waals surface area contributed by atoms with E-state index in [1.165, 1.54) is 11.0 Å². The minimum absolute atomic E-state index is 0.271. The molecule has 90 valence electrons. The lowest BCUT2D eigenvalue weighted by Gasteiger charge is -2.30. The van der Waals surface area contributed by atoms with Gasteiger partial charge in [0, 0.05) is 12.2 Å². The highest BCUT2D eigenvalue weighted by Gasteiger charge is 2.30. The van der Waals surface area contributed by atoms with Gasteiger partial charge in [-0.1, -0.05) is 13.0 Å². The topological polar surface area (TPSA) is 49.4 Å². The number of benzene rings is 1. The molecule has 1 fully saturated rings. The smallest absolute Gasteiger partial charge is 0.293 e. The van der Waals surface area contributed by atoms with E-state index < -0.39 is 6.03 Å². The summed E-state index contributed by atoms with van der Waals surface area (Å²) in [7, 11) is 0. The number of nitrogens with zero attached hydrogens (tertiary/aromatic N) is 1. The van der Waals surface area contributed by atoms with Crippen molar-refractivity contribution in [2.24, 2.45) is 5.92 Å². The van der Waals surface area contributed by atoms with Crippen LogP contribution < -0.4 is 10.2 Å². The van der Waals surface area contributed by atoms with E-state index in [2.05, 4.69) is 5.32 Å². The first-order chi connectivity index (χ1) is 7.99. The van der Waals surface area contributed by atoms with Crippen LogP contribution in [0.15, 0.2) is 18.2 Å². The highest BCUT2D eigenvalue weighted by molar-refractivity contribution is 6.06. The molecule has 0 saturated carbocycles. The molecule has 1 aromatic carbocycles. The van der Waals surface area contributed by atoms with Crippen LogP contribution in [0.3, 0.4) is 0 Å². The van der Waals surface area contributed by atoms with Gasteiger partial charge in [-0.25, -0.2) is 9.18 Å². The van der Waals surface area contributed by atoms with Crippen LogP contribution in [0, 0.1) is 18.7 Å². The molecule has 0 bridgehead atoms. The Balaban J connectivity index is 2.30. The summed E-state index contributed by atoms with van der Waals surface area (Å²) < 4.78 is 13.4. The molecular weight excluding hydrogens is 223 g/mol.